The van der Waals surface area contributed by atoms with Gasteiger partial charge in [0, 0.05) is 12.6 Å². The van der Waals surface area contributed by atoms with E-state index in [2.05, 4.69) is 5.32 Å². The number of benzene rings is 1. The van der Waals surface area contributed by atoms with E-state index >= 15 is 0 Å². The third-order valence-corrected chi connectivity index (χ3v) is 2.39. The molecule has 0 radical (unpaired) electrons. The van der Waals surface area contributed by atoms with Crippen LogP contribution in [0.3, 0.4) is 0 Å². The van der Waals surface area contributed by atoms with Crippen LogP contribution in [0.25, 0.3) is 0 Å². The van der Waals surface area contributed by atoms with Crippen LogP contribution >= 0.6 is 0 Å². The Hall–Kier alpha value is -2.08. The number of carbonyl (C=O) groups is 2. The maximum atomic E-state index is 11.9. The summed E-state index contributed by atoms with van der Waals surface area (Å²) in [5.41, 5.74) is 11.0. The Bertz CT molecular complexity index is 447. The summed E-state index contributed by atoms with van der Waals surface area (Å²) in [7, 11) is 0. The molecule has 5 N–H and O–H groups in total. The van der Waals surface area contributed by atoms with Crippen molar-refractivity contribution in [2.24, 2.45) is 11.5 Å². The van der Waals surface area contributed by atoms with E-state index in [9.17, 15) is 9.59 Å². The molecule has 0 heterocycles. The van der Waals surface area contributed by atoms with Gasteiger partial charge in [0.2, 0.25) is 0 Å². The van der Waals surface area contributed by atoms with Gasteiger partial charge in [-0.15, -0.1) is 0 Å². The summed E-state index contributed by atoms with van der Waals surface area (Å²) in [6.07, 6.45) is 0.691. The second-order valence-corrected chi connectivity index (χ2v) is 4.27. The number of carbonyl (C=O) groups excluding carboxylic acids is 2. The Morgan fingerprint density at radius 1 is 1.37 bits per heavy atom. The van der Waals surface area contributed by atoms with Crippen LogP contribution in [-0.2, 0) is 4.79 Å². The molecule has 2 amide bonds. The van der Waals surface area contributed by atoms with Gasteiger partial charge in [0.05, 0.1) is 5.56 Å². The van der Waals surface area contributed by atoms with Crippen LogP contribution in [0.1, 0.15) is 23.7 Å². The Labute approximate surface area is 112 Å². The van der Waals surface area contributed by atoms with Gasteiger partial charge >= 0.3 is 0 Å². The van der Waals surface area contributed by atoms with Crippen molar-refractivity contribution in [3.8, 4) is 5.75 Å². The molecule has 0 fully saturated rings. The molecule has 0 bridgehead atoms. The first-order valence-electron chi connectivity index (χ1n) is 6.04. The average molecular weight is 265 g/mol. The van der Waals surface area contributed by atoms with Gasteiger partial charge in [-0.1, -0.05) is 12.1 Å². The minimum absolute atomic E-state index is 0.0293. The fraction of sp³-hybridized carbons (Fsp3) is 0.385. The molecule has 0 saturated carbocycles. The fourth-order valence-corrected chi connectivity index (χ4v) is 1.44. The van der Waals surface area contributed by atoms with Crippen molar-refractivity contribution in [2.75, 3.05) is 13.2 Å². The third kappa shape index (κ3) is 5.39. The zero-order valence-corrected chi connectivity index (χ0v) is 10.9. The van der Waals surface area contributed by atoms with Gasteiger partial charge in [0.1, 0.15) is 5.75 Å². The molecule has 1 rings (SSSR count). The minimum Gasteiger partial charge on any atom is -0.483 e. The van der Waals surface area contributed by atoms with Gasteiger partial charge < -0.3 is 21.5 Å². The first kappa shape index (κ1) is 15.0. The summed E-state index contributed by atoms with van der Waals surface area (Å²) in [6.45, 7) is 2.10. The molecular formula is C13H19N3O3. The van der Waals surface area contributed by atoms with Gasteiger partial charge in [-0.05, 0) is 25.5 Å². The minimum atomic E-state index is -0.591. The van der Waals surface area contributed by atoms with Crippen molar-refractivity contribution in [1.29, 1.82) is 0 Å². The van der Waals surface area contributed by atoms with Crippen molar-refractivity contribution in [2.45, 2.75) is 19.4 Å². The van der Waals surface area contributed by atoms with Crippen LogP contribution in [0.5, 0.6) is 5.75 Å². The van der Waals surface area contributed by atoms with Gasteiger partial charge in [-0.3, -0.25) is 9.59 Å². The number of para-hydroxylation sites is 1. The number of ether oxygens (including phenoxy) is 1. The molecular weight excluding hydrogens is 246 g/mol. The van der Waals surface area contributed by atoms with Gasteiger partial charge in [-0.25, -0.2) is 0 Å². The van der Waals surface area contributed by atoms with Crippen LogP contribution in [-0.4, -0.2) is 31.0 Å². The molecule has 0 saturated heterocycles. The average Bonchev–Trinajstić information content (AvgIpc) is 2.36. The Morgan fingerprint density at radius 3 is 2.68 bits per heavy atom. The summed E-state index contributed by atoms with van der Waals surface area (Å²) < 4.78 is 5.19. The van der Waals surface area contributed by atoms with E-state index in [0.29, 0.717) is 24.3 Å². The SMILES string of the molecule is CC(N)CCNC(=O)c1ccccc1OCC(N)=O. The summed E-state index contributed by atoms with van der Waals surface area (Å²) in [5, 5.41) is 2.74. The lowest BCUT2D eigenvalue weighted by atomic mass is 10.2. The molecule has 0 aliphatic carbocycles. The van der Waals surface area contributed by atoms with Gasteiger partial charge in [0.15, 0.2) is 6.61 Å². The number of nitrogens with two attached hydrogens (primary N) is 2. The number of hydrogen-bond acceptors (Lipinski definition) is 4. The summed E-state index contributed by atoms with van der Waals surface area (Å²) >= 11 is 0. The second-order valence-electron chi connectivity index (χ2n) is 4.27. The fourth-order valence-electron chi connectivity index (χ4n) is 1.44. The Balaban J connectivity index is 2.65. The second kappa shape index (κ2) is 7.38. The van der Waals surface area contributed by atoms with Crippen molar-refractivity contribution >= 4 is 11.8 Å². The molecule has 1 aromatic carbocycles. The molecule has 1 aromatic rings. The topological polar surface area (TPSA) is 107 Å². The lowest BCUT2D eigenvalue weighted by Gasteiger charge is -2.11. The zero-order chi connectivity index (χ0) is 14.3. The van der Waals surface area contributed by atoms with E-state index in [1.54, 1.807) is 24.3 Å². The monoisotopic (exact) mass is 265 g/mol. The highest BCUT2D eigenvalue weighted by Gasteiger charge is 2.12. The molecule has 1 atom stereocenters. The first-order valence-corrected chi connectivity index (χ1v) is 6.04. The van der Waals surface area contributed by atoms with Crippen LogP contribution in [0.2, 0.25) is 0 Å². The lowest BCUT2D eigenvalue weighted by Crippen LogP contribution is -2.29. The summed E-state index contributed by atoms with van der Waals surface area (Å²) in [4.78, 5) is 22.6. The normalized spacial score (nSPS) is 11.7. The number of amides is 2. The highest BCUT2D eigenvalue weighted by molar-refractivity contribution is 5.97. The molecule has 0 aliphatic rings. The van der Waals surface area contributed by atoms with Gasteiger partial charge in [-0.2, -0.15) is 0 Å². The Morgan fingerprint density at radius 2 is 2.05 bits per heavy atom. The van der Waals surface area contributed by atoms with Crippen LogP contribution in [0.15, 0.2) is 24.3 Å². The van der Waals surface area contributed by atoms with E-state index in [4.69, 9.17) is 16.2 Å². The van der Waals surface area contributed by atoms with Crippen molar-refractivity contribution in [1.82, 2.24) is 5.32 Å². The van der Waals surface area contributed by atoms with E-state index in [1.165, 1.54) is 0 Å². The number of nitrogens with one attached hydrogen (secondary N) is 1. The van der Waals surface area contributed by atoms with Crippen molar-refractivity contribution in [3.63, 3.8) is 0 Å². The van der Waals surface area contributed by atoms with E-state index in [-0.39, 0.29) is 18.6 Å². The molecule has 104 valence electrons. The largest absolute Gasteiger partial charge is 0.483 e. The maximum absolute atomic E-state index is 11.9. The first-order chi connectivity index (χ1) is 9.00. The van der Waals surface area contributed by atoms with Crippen LogP contribution in [0, 0.1) is 0 Å². The van der Waals surface area contributed by atoms with E-state index < -0.39 is 5.91 Å². The molecule has 0 aromatic heterocycles. The molecule has 6 nitrogen and oxygen atoms in total. The zero-order valence-electron chi connectivity index (χ0n) is 10.9. The van der Waals surface area contributed by atoms with Crippen molar-refractivity contribution < 1.29 is 14.3 Å². The number of primary amides is 1. The predicted molar refractivity (Wildman–Crippen MR) is 71.7 cm³/mol. The van der Waals surface area contributed by atoms with Crippen molar-refractivity contribution in [3.05, 3.63) is 29.8 Å². The summed E-state index contributed by atoms with van der Waals surface area (Å²) in [5.74, 6) is -0.521. The highest BCUT2D eigenvalue weighted by atomic mass is 16.5. The molecule has 6 heteroatoms. The highest BCUT2D eigenvalue weighted by Crippen LogP contribution is 2.17. The van der Waals surface area contributed by atoms with Crippen LogP contribution < -0.4 is 21.5 Å². The summed E-state index contributed by atoms with van der Waals surface area (Å²) in [6, 6.07) is 6.70. The van der Waals surface area contributed by atoms with Gasteiger partial charge in [0.25, 0.3) is 11.8 Å². The maximum Gasteiger partial charge on any atom is 0.255 e. The number of rotatable bonds is 7. The predicted octanol–water partition coefficient (Wildman–Crippen LogP) is 0.0178. The quantitative estimate of drug-likeness (QED) is 0.645. The molecule has 0 spiro atoms. The van der Waals surface area contributed by atoms with E-state index in [0.717, 1.165) is 0 Å². The Kier molecular flexibility index (Phi) is 5.81. The molecule has 19 heavy (non-hydrogen) atoms. The standard InChI is InChI=1S/C13H19N3O3/c1-9(14)6-7-16-13(18)10-4-2-3-5-11(10)19-8-12(15)17/h2-5,9H,6-8,14H2,1H3,(H2,15,17)(H,16,18). The molecule has 0 aliphatic heterocycles. The third-order valence-electron chi connectivity index (χ3n) is 2.39. The smallest absolute Gasteiger partial charge is 0.255 e. The van der Waals surface area contributed by atoms with Crippen LogP contribution in [0.4, 0.5) is 0 Å². The van der Waals surface area contributed by atoms with E-state index in [1.807, 2.05) is 6.92 Å². The number of hydrogen-bond donors (Lipinski definition) is 3. The molecule has 1 unspecified atom stereocenters. The lowest BCUT2D eigenvalue weighted by molar-refractivity contribution is -0.119.